The third-order valence-corrected chi connectivity index (χ3v) is 4.04. The zero-order valence-corrected chi connectivity index (χ0v) is 12.9. The van der Waals surface area contributed by atoms with Gasteiger partial charge in [-0.3, -0.25) is 0 Å². The van der Waals surface area contributed by atoms with Crippen LogP contribution in [0.4, 0.5) is 0 Å². The van der Waals surface area contributed by atoms with E-state index in [0.717, 1.165) is 22.1 Å². The van der Waals surface area contributed by atoms with E-state index in [9.17, 15) is 5.11 Å². The molecule has 0 aliphatic carbocycles. The van der Waals surface area contributed by atoms with Crippen molar-refractivity contribution >= 4 is 34.2 Å². The van der Waals surface area contributed by atoms with Crippen LogP contribution in [0.2, 0.25) is 10.0 Å². The van der Waals surface area contributed by atoms with Gasteiger partial charge in [-0.1, -0.05) is 34.8 Å². The summed E-state index contributed by atoms with van der Waals surface area (Å²) < 4.78 is 5.70. The Balaban J connectivity index is 1.89. The lowest BCUT2D eigenvalue weighted by Gasteiger charge is -2.09. The van der Waals surface area contributed by atoms with Crippen LogP contribution in [0, 0.1) is 6.92 Å². The summed E-state index contributed by atoms with van der Waals surface area (Å²) in [6.45, 7) is 2.02. The zero-order chi connectivity index (χ0) is 15.0. The van der Waals surface area contributed by atoms with Crippen molar-refractivity contribution in [1.29, 1.82) is 0 Å². The second-order valence-corrected chi connectivity index (χ2v) is 5.99. The Morgan fingerprint density at radius 1 is 1.10 bits per heavy atom. The van der Waals surface area contributed by atoms with Gasteiger partial charge in [0.25, 0.3) is 0 Å². The van der Waals surface area contributed by atoms with Crippen molar-refractivity contribution in [3.8, 4) is 0 Å². The van der Waals surface area contributed by atoms with Gasteiger partial charge in [-0.05, 0) is 48.9 Å². The molecule has 2 aromatic carbocycles. The third kappa shape index (κ3) is 3.08. The van der Waals surface area contributed by atoms with Crippen molar-refractivity contribution in [2.24, 2.45) is 0 Å². The van der Waals surface area contributed by atoms with Gasteiger partial charge in [-0.2, -0.15) is 0 Å². The molecule has 0 saturated heterocycles. The summed E-state index contributed by atoms with van der Waals surface area (Å²) in [5.41, 5.74) is 2.72. The standard InChI is InChI=1S/C17H14Cl2O2/c1-10-2-5-16-12(6-10)9-17(21-16)15(20)8-11-7-13(18)3-4-14(11)19/h2-7,9,15,20H,8H2,1H3. The molecule has 1 heterocycles. The first kappa shape index (κ1) is 14.5. The first-order valence-electron chi connectivity index (χ1n) is 6.65. The van der Waals surface area contributed by atoms with Crippen LogP contribution in [-0.4, -0.2) is 5.11 Å². The lowest BCUT2D eigenvalue weighted by Crippen LogP contribution is -2.01. The predicted molar refractivity (Wildman–Crippen MR) is 86.1 cm³/mol. The number of benzene rings is 2. The fourth-order valence-corrected chi connectivity index (χ4v) is 2.75. The Labute approximate surface area is 132 Å². The Hall–Kier alpha value is -1.48. The number of rotatable bonds is 3. The van der Waals surface area contributed by atoms with Crippen LogP contribution in [0.1, 0.15) is 23.0 Å². The summed E-state index contributed by atoms with van der Waals surface area (Å²) in [5.74, 6) is 0.534. The van der Waals surface area contributed by atoms with E-state index in [1.165, 1.54) is 0 Å². The van der Waals surface area contributed by atoms with Gasteiger partial charge in [0.05, 0.1) is 0 Å². The first-order chi connectivity index (χ1) is 10.0. The number of fused-ring (bicyclic) bond motifs is 1. The summed E-state index contributed by atoms with van der Waals surface area (Å²) >= 11 is 12.1. The Kier molecular flexibility index (Phi) is 3.94. The molecular formula is C17H14Cl2O2. The lowest BCUT2D eigenvalue weighted by molar-refractivity contribution is 0.152. The van der Waals surface area contributed by atoms with Crippen LogP contribution in [0.25, 0.3) is 11.0 Å². The van der Waals surface area contributed by atoms with Crippen LogP contribution in [0.5, 0.6) is 0 Å². The second kappa shape index (κ2) is 5.72. The third-order valence-electron chi connectivity index (χ3n) is 3.44. The van der Waals surface area contributed by atoms with Gasteiger partial charge in [0.1, 0.15) is 17.4 Å². The topological polar surface area (TPSA) is 33.4 Å². The molecule has 0 saturated carbocycles. The number of aliphatic hydroxyl groups excluding tert-OH is 1. The minimum Gasteiger partial charge on any atom is -0.458 e. The maximum absolute atomic E-state index is 10.4. The van der Waals surface area contributed by atoms with E-state index in [-0.39, 0.29) is 0 Å². The summed E-state index contributed by atoms with van der Waals surface area (Å²) in [7, 11) is 0. The zero-order valence-electron chi connectivity index (χ0n) is 11.4. The molecule has 0 amide bonds. The average molecular weight is 321 g/mol. The normalized spacial score (nSPS) is 12.8. The number of hydrogen-bond acceptors (Lipinski definition) is 2. The van der Waals surface area contributed by atoms with Crippen molar-refractivity contribution in [3.63, 3.8) is 0 Å². The Morgan fingerprint density at radius 2 is 1.90 bits per heavy atom. The molecule has 3 aromatic rings. The molecule has 1 aromatic heterocycles. The molecule has 1 N–H and O–H groups in total. The largest absolute Gasteiger partial charge is 0.458 e. The van der Waals surface area contributed by atoms with Gasteiger partial charge in [0, 0.05) is 21.9 Å². The summed E-state index contributed by atoms with van der Waals surface area (Å²) in [4.78, 5) is 0. The SMILES string of the molecule is Cc1ccc2oc(C(O)Cc3cc(Cl)ccc3Cl)cc2c1. The van der Waals surface area contributed by atoms with E-state index in [0.29, 0.717) is 22.2 Å². The molecule has 21 heavy (non-hydrogen) atoms. The van der Waals surface area contributed by atoms with Gasteiger partial charge in [-0.15, -0.1) is 0 Å². The number of furan rings is 1. The molecule has 3 rings (SSSR count). The van der Waals surface area contributed by atoms with Crippen LogP contribution in [0.15, 0.2) is 46.9 Å². The number of hydrogen-bond donors (Lipinski definition) is 1. The summed E-state index contributed by atoms with van der Waals surface area (Å²) in [6.07, 6.45) is -0.397. The molecule has 0 aliphatic rings. The van der Waals surface area contributed by atoms with Gasteiger partial charge in [0.2, 0.25) is 0 Å². The first-order valence-corrected chi connectivity index (χ1v) is 7.40. The maximum Gasteiger partial charge on any atom is 0.134 e. The highest BCUT2D eigenvalue weighted by Gasteiger charge is 2.16. The van der Waals surface area contributed by atoms with Crippen molar-refractivity contribution in [3.05, 3.63) is 69.4 Å². The average Bonchev–Trinajstić information content (AvgIpc) is 2.86. The van der Waals surface area contributed by atoms with Gasteiger partial charge < -0.3 is 9.52 Å². The van der Waals surface area contributed by atoms with Gasteiger partial charge in [-0.25, -0.2) is 0 Å². The van der Waals surface area contributed by atoms with Crippen molar-refractivity contribution in [2.45, 2.75) is 19.4 Å². The van der Waals surface area contributed by atoms with E-state index < -0.39 is 6.10 Å². The molecule has 2 nitrogen and oxygen atoms in total. The monoisotopic (exact) mass is 320 g/mol. The maximum atomic E-state index is 10.4. The molecule has 0 radical (unpaired) electrons. The highest BCUT2D eigenvalue weighted by atomic mass is 35.5. The molecule has 4 heteroatoms. The Bertz CT molecular complexity index is 793. The van der Waals surface area contributed by atoms with E-state index in [2.05, 4.69) is 0 Å². The van der Waals surface area contributed by atoms with Gasteiger partial charge >= 0.3 is 0 Å². The molecule has 0 aliphatic heterocycles. The number of halogens is 2. The van der Waals surface area contributed by atoms with Gasteiger partial charge in [0.15, 0.2) is 0 Å². The highest BCUT2D eigenvalue weighted by Crippen LogP contribution is 2.29. The molecule has 1 unspecified atom stereocenters. The van der Waals surface area contributed by atoms with Crippen LogP contribution in [0.3, 0.4) is 0 Å². The van der Waals surface area contributed by atoms with E-state index in [1.807, 2.05) is 31.2 Å². The second-order valence-electron chi connectivity index (χ2n) is 5.15. The number of aliphatic hydroxyl groups is 1. The molecule has 1 atom stereocenters. The van der Waals surface area contributed by atoms with Crippen molar-refractivity contribution in [1.82, 2.24) is 0 Å². The molecule has 108 valence electrons. The van der Waals surface area contributed by atoms with Crippen LogP contribution >= 0.6 is 23.2 Å². The smallest absolute Gasteiger partial charge is 0.134 e. The van der Waals surface area contributed by atoms with Crippen LogP contribution in [-0.2, 0) is 6.42 Å². The summed E-state index contributed by atoms with van der Waals surface area (Å²) in [5, 5.41) is 12.5. The molecular weight excluding hydrogens is 307 g/mol. The van der Waals surface area contributed by atoms with E-state index in [1.54, 1.807) is 18.2 Å². The fourth-order valence-electron chi connectivity index (χ4n) is 2.36. The summed E-state index contributed by atoms with van der Waals surface area (Å²) in [6, 6.07) is 13.0. The predicted octanol–water partition coefficient (Wildman–Crippen LogP) is 5.32. The van der Waals surface area contributed by atoms with Crippen LogP contribution < -0.4 is 0 Å². The van der Waals surface area contributed by atoms with Crippen molar-refractivity contribution < 1.29 is 9.52 Å². The molecule has 0 bridgehead atoms. The molecule has 0 spiro atoms. The minimum absolute atomic E-state index is 0.359. The quantitative estimate of drug-likeness (QED) is 0.708. The fraction of sp³-hybridized carbons (Fsp3) is 0.176. The minimum atomic E-state index is -0.756. The Morgan fingerprint density at radius 3 is 2.71 bits per heavy atom. The van der Waals surface area contributed by atoms with E-state index >= 15 is 0 Å². The highest BCUT2D eigenvalue weighted by molar-refractivity contribution is 6.33. The van der Waals surface area contributed by atoms with Crippen molar-refractivity contribution in [2.75, 3.05) is 0 Å². The van der Waals surface area contributed by atoms with E-state index in [4.69, 9.17) is 27.6 Å². The molecule has 0 fully saturated rings. The lowest BCUT2D eigenvalue weighted by atomic mass is 10.1. The number of aryl methyl sites for hydroxylation is 1.